The van der Waals surface area contributed by atoms with Crippen molar-refractivity contribution in [2.75, 3.05) is 5.73 Å². The third-order valence-corrected chi connectivity index (χ3v) is 3.21. The first-order chi connectivity index (χ1) is 9.90. The molecule has 4 heteroatoms. The molecule has 0 saturated heterocycles. The highest BCUT2D eigenvalue weighted by Crippen LogP contribution is 2.22. The Balaban J connectivity index is 2.35. The van der Waals surface area contributed by atoms with Crippen LogP contribution in [0.3, 0.4) is 0 Å². The number of hydrogen-bond acceptors (Lipinski definition) is 2. The van der Waals surface area contributed by atoms with Gasteiger partial charge in [-0.25, -0.2) is 8.78 Å². The lowest BCUT2D eigenvalue weighted by molar-refractivity contribution is 0.103. The highest BCUT2D eigenvalue weighted by atomic mass is 19.1. The van der Waals surface area contributed by atoms with E-state index < -0.39 is 23.0 Å². The topological polar surface area (TPSA) is 43.1 Å². The number of hydrogen-bond donors (Lipinski definition) is 1. The predicted octanol–water partition coefficient (Wildman–Crippen LogP) is 3.98. The summed E-state index contributed by atoms with van der Waals surface area (Å²) in [4.78, 5) is 12.2. The third kappa shape index (κ3) is 3.27. The maximum Gasteiger partial charge on any atom is 0.199 e. The smallest absolute Gasteiger partial charge is 0.199 e. The average molecular weight is 289 g/mol. The fourth-order valence-corrected chi connectivity index (χ4v) is 2.18. The Labute approximate surface area is 122 Å². The monoisotopic (exact) mass is 289 g/mol. The summed E-state index contributed by atoms with van der Waals surface area (Å²) in [6, 6.07) is 8.88. The van der Waals surface area contributed by atoms with Gasteiger partial charge in [0.25, 0.3) is 0 Å². The normalized spacial score (nSPS) is 10.9. The van der Waals surface area contributed by atoms with Gasteiger partial charge in [0.1, 0.15) is 5.82 Å². The van der Waals surface area contributed by atoms with Crippen LogP contribution in [0.1, 0.15) is 35.3 Å². The number of nitrogen functional groups attached to an aromatic ring is 1. The second-order valence-electron chi connectivity index (χ2n) is 5.45. The quantitative estimate of drug-likeness (QED) is 0.683. The standard InChI is InChI=1S/C17H17F2NO/c1-10(2)9-11-3-5-12(6-4-11)17(21)15-13(18)7-8-14(20)16(15)19/h3-8,10H,9,20H2,1-2H3. The summed E-state index contributed by atoms with van der Waals surface area (Å²) in [5, 5.41) is 0. The van der Waals surface area contributed by atoms with E-state index in [0.717, 1.165) is 24.1 Å². The molecule has 21 heavy (non-hydrogen) atoms. The van der Waals surface area contributed by atoms with E-state index in [2.05, 4.69) is 13.8 Å². The van der Waals surface area contributed by atoms with Crippen LogP contribution in [-0.4, -0.2) is 5.78 Å². The van der Waals surface area contributed by atoms with Gasteiger partial charge in [0.2, 0.25) is 0 Å². The Morgan fingerprint density at radius 3 is 2.29 bits per heavy atom. The molecule has 0 atom stereocenters. The minimum Gasteiger partial charge on any atom is -0.396 e. The van der Waals surface area contributed by atoms with Crippen molar-refractivity contribution in [1.29, 1.82) is 0 Å². The molecular weight excluding hydrogens is 272 g/mol. The summed E-state index contributed by atoms with van der Waals surface area (Å²) in [7, 11) is 0. The van der Waals surface area contributed by atoms with Gasteiger partial charge < -0.3 is 5.73 Å². The van der Waals surface area contributed by atoms with E-state index in [9.17, 15) is 13.6 Å². The van der Waals surface area contributed by atoms with Crippen molar-refractivity contribution in [1.82, 2.24) is 0 Å². The van der Waals surface area contributed by atoms with Crippen LogP contribution in [0.2, 0.25) is 0 Å². The van der Waals surface area contributed by atoms with Gasteiger partial charge in [-0.2, -0.15) is 0 Å². The van der Waals surface area contributed by atoms with Crippen LogP contribution < -0.4 is 5.73 Å². The lowest BCUT2D eigenvalue weighted by Gasteiger charge is -2.08. The van der Waals surface area contributed by atoms with Crippen LogP contribution in [0.5, 0.6) is 0 Å². The van der Waals surface area contributed by atoms with Gasteiger partial charge >= 0.3 is 0 Å². The molecule has 0 amide bonds. The van der Waals surface area contributed by atoms with E-state index in [1.54, 1.807) is 24.3 Å². The van der Waals surface area contributed by atoms with Gasteiger partial charge in [0.05, 0.1) is 11.3 Å². The second kappa shape index (κ2) is 6.04. The fraction of sp³-hybridized carbons (Fsp3) is 0.235. The summed E-state index contributed by atoms with van der Waals surface area (Å²) in [6.07, 6.45) is 0.884. The molecule has 0 heterocycles. The first-order valence-electron chi connectivity index (χ1n) is 6.77. The minimum absolute atomic E-state index is 0.240. The number of nitrogens with two attached hydrogens (primary N) is 1. The molecule has 0 unspecified atom stereocenters. The Hall–Kier alpha value is -2.23. The predicted molar refractivity (Wildman–Crippen MR) is 79.2 cm³/mol. The van der Waals surface area contributed by atoms with Crippen molar-refractivity contribution in [2.24, 2.45) is 5.92 Å². The summed E-state index contributed by atoms with van der Waals surface area (Å²) in [5.41, 5.74) is 5.87. The van der Waals surface area contributed by atoms with Crippen molar-refractivity contribution in [3.8, 4) is 0 Å². The van der Waals surface area contributed by atoms with E-state index in [1.165, 1.54) is 0 Å². The Kier molecular flexibility index (Phi) is 4.36. The molecule has 2 aromatic rings. The van der Waals surface area contributed by atoms with Gasteiger partial charge in [-0.3, -0.25) is 4.79 Å². The van der Waals surface area contributed by atoms with Crippen LogP contribution in [0.15, 0.2) is 36.4 Å². The molecule has 0 aliphatic rings. The third-order valence-electron chi connectivity index (χ3n) is 3.21. The van der Waals surface area contributed by atoms with E-state index in [4.69, 9.17) is 5.73 Å². The zero-order chi connectivity index (χ0) is 15.6. The van der Waals surface area contributed by atoms with Crippen molar-refractivity contribution in [3.05, 3.63) is 64.7 Å². The summed E-state index contributed by atoms with van der Waals surface area (Å²) >= 11 is 0. The number of anilines is 1. The summed E-state index contributed by atoms with van der Waals surface area (Å²) < 4.78 is 27.6. The Morgan fingerprint density at radius 2 is 1.71 bits per heavy atom. The van der Waals surface area contributed by atoms with Gasteiger partial charge in [-0.1, -0.05) is 38.1 Å². The van der Waals surface area contributed by atoms with Crippen molar-refractivity contribution in [2.45, 2.75) is 20.3 Å². The highest BCUT2D eigenvalue weighted by Gasteiger charge is 2.20. The zero-order valence-electron chi connectivity index (χ0n) is 12.0. The molecular formula is C17H17F2NO. The maximum atomic E-state index is 13.9. The minimum atomic E-state index is -1.01. The van der Waals surface area contributed by atoms with Crippen molar-refractivity contribution >= 4 is 11.5 Å². The number of rotatable bonds is 4. The van der Waals surface area contributed by atoms with Crippen LogP contribution >= 0.6 is 0 Å². The second-order valence-corrected chi connectivity index (χ2v) is 5.45. The molecule has 0 aliphatic heterocycles. The van der Waals surface area contributed by atoms with Gasteiger partial charge in [-0.05, 0) is 30.0 Å². The van der Waals surface area contributed by atoms with Gasteiger partial charge in [0.15, 0.2) is 11.6 Å². The van der Waals surface area contributed by atoms with Crippen LogP contribution in [0.4, 0.5) is 14.5 Å². The molecule has 0 bridgehead atoms. The lowest BCUT2D eigenvalue weighted by atomic mass is 9.97. The van der Waals surface area contributed by atoms with Gasteiger partial charge in [-0.15, -0.1) is 0 Å². The SMILES string of the molecule is CC(C)Cc1ccc(C(=O)c2c(F)ccc(N)c2F)cc1. The molecule has 2 N–H and O–H groups in total. The molecule has 110 valence electrons. The zero-order valence-corrected chi connectivity index (χ0v) is 12.0. The molecule has 0 aromatic heterocycles. The van der Waals surface area contributed by atoms with Crippen molar-refractivity contribution in [3.63, 3.8) is 0 Å². The first-order valence-corrected chi connectivity index (χ1v) is 6.77. The fourth-order valence-electron chi connectivity index (χ4n) is 2.18. The van der Waals surface area contributed by atoms with E-state index >= 15 is 0 Å². The molecule has 2 nitrogen and oxygen atoms in total. The first kappa shape index (κ1) is 15.2. The highest BCUT2D eigenvalue weighted by molar-refractivity contribution is 6.09. The number of carbonyl (C=O) groups is 1. The van der Waals surface area contributed by atoms with E-state index in [1.807, 2.05) is 0 Å². The van der Waals surface area contributed by atoms with Crippen LogP contribution in [0.25, 0.3) is 0 Å². The molecule has 0 aliphatic carbocycles. The maximum absolute atomic E-state index is 13.9. The van der Waals surface area contributed by atoms with Gasteiger partial charge in [0, 0.05) is 5.56 Å². The Morgan fingerprint density at radius 1 is 1.10 bits per heavy atom. The average Bonchev–Trinajstić information content (AvgIpc) is 2.43. The molecule has 0 fully saturated rings. The van der Waals surface area contributed by atoms with Crippen molar-refractivity contribution < 1.29 is 13.6 Å². The van der Waals surface area contributed by atoms with Crippen LogP contribution in [-0.2, 0) is 6.42 Å². The lowest BCUT2D eigenvalue weighted by Crippen LogP contribution is -2.09. The molecule has 0 radical (unpaired) electrons. The molecule has 2 aromatic carbocycles. The number of halogens is 2. The van der Waals surface area contributed by atoms with Crippen LogP contribution in [0, 0.1) is 17.6 Å². The largest absolute Gasteiger partial charge is 0.396 e. The van der Waals surface area contributed by atoms with E-state index in [0.29, 0.717) is 5.92 Å². The van der Waals surface area contributed by atoms with E-state index in [-0.39, 0.29) is 11.3 Å². The number of carbonyl (C=O) groups excluding carboxylic acids is 1. The Bertz CT molecular complexity index is 663. The molecule has 0 spiro atoms. The molecule has 0 saturated carbocycles. The molecule has 2 rings (SSSR count). The summed E-state index contributed by atoms with van der Waals surface area (Å²) in [6.45, 7) is 4.19. The summed E-state index contributed by atoms with van der Waals surface area (Å²) in [5.74, 6) is -2.12. The number of ketones is 1. The number of benzene rings is 2.